The Morgan fingerprint density at radius 3 is 2.55 bits per heavy atom. The highest BCUT2D eigenvalue weighted by atomic mass is 19.1. The van der Waals surface area contributed by atoms with Crippen LogP contribution in [-0.2, 0) is 7.05 Å². The number of carbonyl (C=O) groups is 2. The lowest BCUT2D eigenvalue weighted by atomic mass is 10.1. The molecule has 4 aromatic rings. The van der Waals surface area contributed by atoms with E-state index in [1.165, 1.54) is 23.0 Å². The van der Waals surface area contributed by atoms with Crippen LogP contribution in [0.25, 0.3) is 22.3 Å². The fourth-order valence-electron chi connectivity index (χ4n) is 3.09. The van der Waals surface area contributed by atoms with Crippen molar-refractivity contribution in [2.24, 2.45) is 7.05 Å². The van der Waals surface area contributed by atoms with Crippen LogP contribution >= 0.6 is 0 Å². The fraction of sp³-hybridized carbons (Fsp3) is 0.0909. The van der Waals surface area contributed by atoms with E-state index in [1.807, 2.05) is 6.07 Å². The molecule has 0 unspecified atom stereocenters. The molecule has 0 radical (unpaired) electrons. The minimum absolute atomic E-state index is 0.151. The lowest BCUT2D eigenvalue weighted by Crippen LogP contribution is -2.29. The molecule has 2 aromatic heterocycles. The van der Waals surface area contributed by atoms with Crippen LogP contribution in [0.15, 0.2) is 66.9 Å². The number of hydrogen-bond acceptors (Lipinski definition) is 4. The average molecular weight is 388 g/mol. The number of amides is 1. The second-order valence-electron chi connectivity index (χ2n) is 6.51. The van der Waals surface area contributed by atoms with Crippen molar-refractivity contribution >= 4 is 22.7 Å². The first-order valence-corrected chi connectivity index (χ1v) is 8.98. The van der Waals surface area contributed by atoms with Gasteiger partial charge in [-0.2, -0.15) is 5.10 Å². The number of benzene rings is 2. The van der Waals surface area contributed by atoms with Crippen molar-refractivity contribution in [1.82, 2.24) is 20.1 Å². The highest BCUT2D eigenvalue weighted by molar-refractivity contribution is 6.08. The molecular formula is C22H17FN4O2. The molecule has 0 aliphatic carbocycles. The van der Waals surface area contributed by atoms with E-state index in [0.717, 1.165) is 0 Å². The van der Waals surface area contributed by atoms with Crippen LogP contribution in [0.5, 0.6) is 0 Å². The summed E-state index contributed by atoms with van der Waals surface area (Å²) in [7, 11) is 1.70. The standard InChI is InChI=1S/C22H17FN4O2/c1-27-21-17(12-25-27)16(11-19(26-21)15-9-5-6-10-18(15)23)22(29)24-13-20(28)14-7-3-2-4-8-14/h2-12H,13H2,1H3,(H,24,29). The summed E-state index contributed by atoms with van der Waals surface area (Å²) in [5.41, 5.74) is 1.84. The maximum atomic E-state index is 14.3. The highest BCUT2D eigenvalue weighted by Gasteiger charge is 2.18. The fourth-order valence-corrected chi connectivity index (χ4v) is 3.09. The van der Waals surface area contributed by atoms with Gasteiger partial charge in [0, 0.05) is 18.2 Å². The van der Waals surface area contributed by atoms with E-state index in [1.54, 1.807) is 49.5 Å². The minimum atomic E-state index is -0.452. The Hall–Kier alpha value is -3.87. The number of rotatable bonds is 5. The van der Waals surface area contributed by atoms with E-state index >= 15 is 0 Å². The van der Waals surface area contributed by atoms with Crippen LogP contribution in [0, 0.1) is 5.82 Å². The number of aromatic nitrogens is 3. The lowest BCUT2D eigenvalue weighted by molar-refractivity contribution is 0.0905. The lowest BCUT2D eigenvalue weighted by Gasteiger charge is -2.09. The number of ketones is 1. The molecule has 2 heterocycles. The Bertz CT molecular complexity index is 1220. The number of Topliss-reactive ketones (excluding diaryl/α,β-unsaturated/α-hetero) is 1. The van der Waals surface area contributed by atoms with Gasteiger partial charge in [0.15, 0.2) is 11.4 Å². The van der Waals surface area contributed by atoms with Crippen LogP contribution in [0.1, 0.15) is 20.7 Å². The molecular weight excluding hydrogens is 371 g/mol. The Kier molecular flexibility index (Phi) is 4.87. The third-order valence-corrected chi connectivity index (χ3v) is 4.60. The van der Waals surface area contributed by atoms with Crippen LogP contribution in [0.4, 0.5) is 4.39 Å². The minimum Gasteiger partial charge on any atom is -0.345 e. The second-order valence-corrected chi connectivity index (χ2v) is 6.51. The summed E-state index contributed by atoms with van der Waals surface area (Å²) in [4.78, 5) is 29.6. The number of pyridine rings is 1. The van der Waals surface area contributed by atoms with Gasteiger partial charge in [-0.25, -0.2) is 9.37 Å². The van der Waals surface area contributed by atoms with Gasteiger partial charge in [0.25, 0.3) is 5.91 Å². The van der Waals surface area contributed by atoms with Gasteiger partial charge in [0.2, 0.25) is 0 Å². The van der Waals surface area contributed by atoms with Gasteiger partial charge in [-0.05, 0) is 18.2 Å². The van der Waals surface area contributed by atoms with Gasteiger partial charge in [-0.1, -0.05) is 42.5 Å². The SMILES string of the molecule is Cn1ncc2c(C(=O)NCC(=O)c3ccccc3)cc(-c3ccccc3F)nc21. The van der Waals surface area contributed by atoms with Crippen LogP contribution in [0.2, 0.25) is 0 Å². The molecule has 144 valence electrons. The molecule has 4 rings (SSSR count). The van der Waals surface area contributed by atoms with Gasteiger partial charge >= 0.3 is 0 Å². The summed E-state index contributed by atoms with van der Waals surface area (Å²) in [5, 5.41) is 7.32. The molecule has 7 heteroatoms. The quantitative estimate of drug-likeness (QED) is 0.532. The summed E-state index contributed by atoms with van der Waals surface area (Å²) in [6.07, 6.45) is 1.53. The van der Waals surface area contributed by atoms with E-state index < -0.39 is 11.7 Å². The molecule has 2 aromatic carbocycles. The largest absolute Gasteiger partial charge is 0.345 e. The molecule has 0 spiro atoms. The maximum Gasteiger partial charge on any atom is 0.252 e. The number of nitrogens with zero attached hydrogens (tertiary/aromatic N) is 3. The van der Waals surface area contributed by atoms with E-state index in [2.05, 4.69) is 15.4 Å². The van der Waals surface area contributed by atoms with Crippen LogP contribution < -0.4 is 5.32 Å². The summed E-state index contributed by atoms with van der Waals surface area (Å²) < 4.78 is 15.8. The van der Waals surface area contributed by atoms with Crippen molar-refractivity contribution in [3.8, 4) is 11.3 Å². The number of hydrogen-bond donors (Lipinski definition) is 1. The zero-order valence-electron chi connectivity index (χ0n) is 15.6. The van der Waals surface area contributed by atoms with E-state index in [0.29, 0.717) is 22.3 Å². The molecule has 1 N–H and O–H groups in total. The third-order valence-electron chi connectivity index (χ3n) is 4.60. The Labute approximate surface area is 166 Å². The summed E-state index contributed by atoms with van der Waals surface area (Å²) in [6, 6.07) is 16.5. The first-order chi connectivity index (χ1) is 14.0. The van der Waals surface area contributed by atoms with Gasteiger partial charge in [0.1, 0.15) is 5.82 Å². The van der Waals surface area contributed by atoms with E-state index in [4.69, 9.17) is 0 Å². The third kappa shape index (κ3) is 3.62. The van der Waals surface area contributed by atoms with Gasteiger partial charge in [0.05, 0.1) is 29.4 Å². The molecule has 0 saturated carbocycles. The van der Waals surface area contributed by atoms with Gasteiger partial charge in [-0.15, -0.1) is 0 Å². The Balaban J connectivity index is 1.68. The number of fused-ring (bicyclic) bond motifs is 1. The Morgan fingerprint density at radius 2 is 1.79 bits per heavy atom. The molecule has 6 nitrogen and oxygen atoms in total. The molecule has 0 bridgehead atoms. The zero-order chi connectivity index (χ0) is 20.4. The van der Waals surface area contributed by atoms with Crippen molar-refractivity contribution in [2.75, 3.05) is 6.54 Å². The molecule has 1 amide bonds. The highest BCUT2D eigenvalue weighted by Crippen LogP contribution is 2.26. The zero-order valence-corrected chi connectivity index (χ0v) is 15.6. The summed E-state index contributed by atoms with van der Waals surface area (Å²) >= 11 is 0. The van der Waals surface area contributed by atoms with Crippen molar-refractivity contribution < 1.29 is 14.0 Å². The monoisotopic (exact) mass is 388 g/mol. The van der Waals surface area contributed by atoms with Gasteiger partial charge < -0.3 is 5.32 Å². The number of nitrogens with one attached hydrogen (secondary N) is 1. The molecule has 0 saturated heterocycles. The van der Waals surface area contributed by atoms with Crippen molar-refractivity contribution in [1.29, 1.82) is 0 Å². The molecule has 0 fully saturated rings. The number of aryl methyl sites for hydroxylation is 1. The first-order valence-electron chi connectivity index (χ1n) is 8.98. The predicted octanol–water partition coefficient (Wildman–Crippen LogP) is 3.39. The van der Waals surface area contributed by atoms with Crippen LogP contribution in [0.3, 0.4) is 0 Å². The van der Waals surface area contributed by atoms with Crippen molar-refractivity contribution in [3.63, 3.8) is 0 Å². The topological polar surface area (TPSA) is 76.9 Å². The van der Waals surface area contributed by atoms with Crippen molar-refractivity contribution in [3.05, 3.63) is 83.8 Å². The maximum absolute atomic E-state index is 14.3. The van der Waals surface area contributed by atoms with E-state index in [-0.39, 0.29) is 23.5 Å². The van der Waals surface area contributed by atoms with Crippen LogP contribution in [-0.4, -0.2) is 33.0 Å². The second kappa shape index (κ2) is 7.63. The molecule has 0 aliphatic heterocycles. The Morgan fingerprint density at radius 1 is 1.07 bits per heavy atom. The number of halogens is 1. The van der Waals surface area contributed by atoms with Gasteiger partial charge in [-0.3, -0.25) is 14.3 Å². The van der Waals surface area contributed by atoms with Crippen molar-refractivity contribution in [2.45, 2.75) is 0 Å². The normalized spacial score (nSPS) is 10.8. The summed E-state index contributed by atoms with van der Waals surface area (Å²) in [5.74, 6) is -1.09. The predicted molar refractivity (Wildman–Crippen MR) is 107 cm³/mol. The number of carbonyl (C=O) groups excluding carboxylic acids is 2. The molecule has 0 atom stereocenters. The average Bonchev–Trinajstić information content (AvgIpc) is 3.13. The molecule has 29 heavy (non-hydrogen) atoms. The van der Waals surface area contributed by atoms with E-state index in [9.17, 15) is 14.0 Å². The summed E-state index contributed by atoms with van der Waals surface area (Å²) in [6.45, 7) is -0.151. The smallest absolute Gasteiger partial charge is 0.252 e. The molecule has 0 aliphatic rings. The first kappa shape index (κ1) is 18.5.